The second-order valence-electron chi connectivity index (χ2n) is 6.55. The fourth-order valence-electron chi connectivity index (χ4n) is 3.07. The smallest absolute Gasteiger partial charge is 0.261 e. The zero-order valence-corrected chi connectivity index (χ0v) is 17.3. The number of hydrogen-bond acceptors (Lipinski definition) is 5. The molecule has 0 atom stereocenters. The summed E-state index contributed by atoms with van der Waals surface area (Å²) in [4.78, 5) is 26.1. The summed E-state index contributed by atoms with van der Waals surface area (Å²) < 4.78 is 40.3. The van der Waals surface area contributed by atoms with E-state index in [-0.39, 0.29) is 49.3 Å². The van der Waals surface area contributed by atoms with Gasteiger partial charge in [0, 0.05) is 39.1 Å². The van der Waals surface area contributed by atoms with E-state index in [1.165, 1.54) is 33.8 Å². The maximum Gasteiger partial charge on any atom is 0.261 e. The van der Waals surface area contributed by atoms with Crippen molar-refractivity contribution in [3.8, 4) is 0 Å². The van der Waals surface area contributed by atoms with Crippen LogP contribution in [0.15, 0.2) is 46.7 Å². The first-order valence-electron chi connectivity index (χ1n) is 9.24. The van der Waals surface area contributed by atoms with Crippen molar-refractivity contribution in [2.45, 2.75) is 17.7 Å². The van der Waals surface area contributed by atoms with Crippen LogP contribution >= 0.6 is 11.3 Å². The molecule has 29 heavy (non-hydrogen) atoms. The minimum Gasteiger partial charge on any atom is -0.351 e. The molecule has 1 aromatic carbocycles. The van der Waals surface area contributed by atoms with Crippen LogP contribution in [0.5, 0.6) is 0 Å². The molecule has 1 fully saturated rings. The zero-order chi connectivity index (χ0) is 20.9. The van der Waals surface area contributed by atoms with Crippen LogP contribution in [0.25, 0.3) is 0 Å². The normalized spacial score (nSPS) is 15.3. The Bertz CT molecular complexity index is 956. The molecule has 10 heteroatoms. The van der Waals surface area contributed by atoms with E-state index >= 15 is 0 Å². The van der Waals surface area contributed by atoms with Crippen molar-refractivity contribution in [2.75, 3.05) is 32.7 Å². The van der Waals surface area contributed by atoms with Gasteiger partial charge in [-0.2, -0.15) is 4.31 Å². The molecule has 7 nitrogen and oxygen atoms in total. The highest BCUT2D eigenvalue weighted by atomic mass is 32.2. The average molecular weight is 440 g/mol. The van der Waals surface area contributed by atoms with E-state index < -0.39 is 15.8 Å². The standard InChI is InChI=1S/C19H22FN3O4S2/c20-15-5-1-2-7-17(15)29(26,27)23-12-10-22(11-13-23)18(24)8-3-9-21-19(25)16-6-4-14-28-16/h1-2,4-7,14H,3,8-13H2,(H,21,25). The molecule has 0 unspecified atom stereocenters. The van der Waals surface area contributed by atoms with Crippen LogP contribution < -0.4 is 5.32 Å². The number of piperazine rings is 1. The summed E-state index contributed by atoms with van der Waals surface area (Å²) in [6.45, 7) is 1.15. The van der Waals surface area contributed by atoms with Crippen LogP contribution in [-0.4, -0.2) is 62.2 Å². The molecule has 0 saturated carbocycles. The summed E-state index contributed by atoms with van der Waals surface area (Å²) in [6.07, 6.45) is 0.772. The minimum absolute atomic E-state index is 0.0849. The van der Waals surface area contributed by atoms with Gasteiger partial charge in [0.2, 0.25) is 15.9 Å². The number of thiophene rings is 1. The van der Waals surface area contributed by atoms with Gasteiger partial charge in [-0.3, -0.25) is 9.59 Å². The Morgan fingerprint density at radius 1 is 1.07 bits per heavy atom. The minimum atomic E-state index is -3.92. The SMILES string of the molecule is O=C(NCCCC(=O)N1CCN(S(=O)(=O)c2ccccc2F)CC1)c1cccs1. The molecule has 0 aliphatic carbocycles. The predicted molar refractivity (Wildman–Crippen MR) is 108 cm³/mol. The lowest BCUT2D eigenvalue weighted by atomic mass is 10.2. The molecule has 3 rings (SSSR count). The first-order valence-corrected chi connectivity index (χ1v) is 11.6. The number of sulfonamides is 1. The maximum atomic E-state index is 13.9. The molecule has 1 saturated heterocycles. The summed E-state index contributed by atoms with van der Waals surface area (Å²) in [5.41, 5.74) is 0. The first-order chi connectivity index (χ1) is 13.9. The maximum absolute atomic E-state index is 13.9. The van der Waals surface area contributed by atoms with Crippen molar-refractivity contribution >= 4 is 33.2 Å². The average Bonchev–Trinajstić information content (AvgIpc) is 3.26. The van der Waals surface area contributed by atoms with Crippen molar-refractivity contribution in [1.82, 2.24) is 14.5 Å². The van der Waals surface area contributed by atoms with Gasteiger partial charge in [-0.25, -0.2) is 12.8 Å². The van der Waals surface area contributed by atoms with E-state index in [1.54, 1.807) is 17.0 Å². The van der Waals surface area contributed by atoms with Crippen molar-refractivity contribution in [2.24, 2.45) is 0 Å². The van der Waals surface area contributed by atoms with Gasteiger partial charge >= 0.3 is 0 Å². The molecule has 0 radical (unpaired) electrons. The first kappa shape index (κ1) is 21.4. The molecule has 1 aliphatic heterocycles. The third kappa shape index (κ3) is 5.20. The monoisotopic (exact) mass is 439 g/mol. The summed E-state index contributed by atoms with van der Waals surface area (Å²) >= 11 is 1.35. The van der Waals surface area contributed by atoms with Crippen LogP contribution in [0, 0.1) is 5.82 Å². The number of carbonyl (C=O) groups excluding carboxylic acids is 2. The van der Waals surface area contributed by atoms with Crippen LogP contribution in [0.4, 0.5) is 4.39 Å². The highest BCUT2D eigenvalue weighted by molar-refractivity contribution is 7.89. The highest BCUT2D eigenvalue weighted by Crippen LogP contribution is 2.20. The number of halogens is 1. The van der Waals surface area contributed by atoms with E-state index in [4.69, 9.17) is 0 Å². The Labute approximate surface area is 173 Å². The van der Waals surface area contributed by atoms with E-state index in [9.17, 15) is 22.4 Å². The summed E-state index contributed by atoms with van der Waals surface area (Å²) in [7, 11) is -3.92. The molecule has 2 aromatic rings. The number of benzene rings is 1. The summed E-state index contributed by atoms with van der Waals surface area (Å²) in [6, 6.07) is 8.81. The number of amides is 2. The lowest BCUT2D eigenvalue weighted by Crippen LogP contribution is -2.50. The fraction of sp³-hybridized carbons (Fsp3) is 0.368. The molecule has 1 aromatic heterocycles. The molecule has 2 heterocycles. The van der Waals surface area contributed by atoms with Crippen LogP contribution in [0.3, 0.4) is 0 Å². The molecular formula is C19H22FN3O4S2. The van der Waals surface area contributed by atoms with Gasteiger partial charge in [0.25, 0.3) is 5.91 Å². The Balaban J connectivity index is 1.43. The number of hydrogen-bond donors (Lipinski definition) is 1. The van der Waals surface area contributed by atoms with E-state index in [0.717, 1.165) is 6.07 Å². The molecule has 1 aliphatic rings. The van der Waals surface area contributed by atoms with Crippen LogP contribution in [0.1, 0.15) is 22.5 Å². The van der Waals surface area contributed by atoms with Gasteiger partial charge in [-0.05, 0) is 30.0 Å². The van der Waals surface area contributed by atoms with Gasteiger partial charge in [-0.15, -0.1) is 11.3 Å². The zero-order valence-electron chi connectivity index (χ0n) is 15.7. The van der Waals surface area contributed by atoms with Crippen molar-refractivity contribution in [3.63, 3.8) is 0 Å². The predicted octanol–water partition coefficient (Wildman–Crippen LogP) is 1.93. The van der Waals surface area contributed by atoms with E-state index in [2.05, 4.69) is 5.32 Å². The highest BCUT2D eigenvalue weighted by Gasteiger charge is 2.31. The molecular weight excluding hydrogens is 417 g/mol. The number of nitrogens with zero attached hydrogens (tertiary/aromatic N) is 2. The number of nitrogens with one attached hydrogen (secondary N) is 1. The Morgan fingerprint density at radius 2 is 1.79 bits per heavy atom. The summed E-state index contributed by atoms with van der Waals surface area (Å²) in [5, 5.41) is 4.60. The van der Waals surface area contributed by atoms with Crippen molar-refractivity contribution in [1.29, 1.82) is 0 Å². The van der Waals surface area contributed by atoms with Gasteiger partial charge in [0.05, 0.1) is 4.88 Å². The quantitative estimate of drug-likeness (QED) is 0.668. The second kappa shape index (κ2) is 9.47. The van der Waals surface area contributed by atoms with Crippen LogP contribution in [0.2, 0.25) is 0 Å². The third-order valence-electron chi connectivity index (χ3n) is 4.64. The largest absolute Gasteiger partial charge is 0.351 e. The van der Waals surface area contributed by atoms with Gasteiger partial charge in [-0.1, -0.05) is 18.2 Å². The van der Waals surface area contributed by atoms with E-state index in [0.29, 0.717) is 17.8 Å². The Kier molecular flexibility index (Phi) is 6.99. The molecule has 0 spiro atoms. The lowest BCUT2D eigenvalue weighted by molar-refractivity contribution is -0.132. The van der Waals surface area contributed by atoms with Crippen LogP contribution in [-0.2, 0) is 14.8 Å². The van der Waals surface area contributed by atoms with Crippen molar-refractivity contribution in [3.05, 3.63) is 52.5 Å². The fourth-order valence-corrected chi connectivity index (χ4v) is 5.19. The summed E-state index contributed by atoms with van der Waals surface area (Å²) in [5.74, 6) is -1.02. The molecule has 156 valence electrons. The van der Waals surface area contributed by atoms with Crippen molar-refractivity contribution < 1.29 is 22.4 Å². The number of carbonyl (C=O) groups is 2. The van der Waals surface area contributed by atoms with Gasteiger partial charge < -0.3 is 10.2 Å². The van der Waals surface area contributed by atoms with E-state index in [1.807, 2.05) is 5.38 Å². The third-order valence-corrected chi connectivity index (χ3v) is 7.44. The molecule has 1 N–H and O–H groups in total. The van der Waals surface area contributed by atoms with Gasteiger partial charge in [0.1, 0.15) is 10.7 Å². The Hall–Kier alpha value is -2.30. The molecule has 2 amide bonds. The number of rotatable bonds is 7. The lowest BCUT2D eigenvalue weighted by Gasteiger charge is -2.34. The second-order valence-corrected chi connectivity index (χ2v) is 9.41. The Morgan fingerprint density at radius 3 is 2.45 bits per heavy atom. The molecule has 0 bridgehead atoms. The topological polar surface area (TPSA) is 86.8 Å². The van der Waals surface area contributed by atoms with Gasteiger partial charge in [0.15, 0.2) is 0 Å².